The lowest BCUT2D eigenvalue weighted by molar-refractivity contribution is -0.129. The molecule has 2 aromatic carbocycles. The second kappa shape index (κ2) is 10.6. The van der Waals surface area contributed by atoms with E-state index < -0.39 is 0 Å². The van der Waals surface area contributed by atoms with Crippen molar-refractivity contribution < 1.29 is 14.3 Å². The highest BCUT2D eigenvalue weighted by atomic mass is 35.5. The molecule has 2 fully saturated rings. The molecule has 2 heterocycles. The molecule has 0 radical (unpaired) electrons. The van der Waals surface area contributed by atoms with Crippen LogP contribution in [0.2, 0.25) is 10.0 Å². The number of hydrogen-bond donors (Lipinski definition) is 1. The van der Waals surface area contributed by atoms with Crippen LogP contribution >= 0.6 is 23.2 Å². The zero-order valence-electron chi connectivity index (χ0n) is 17.8. The fraction of sp³-hybridized carbons (Fsp3) is 0.417. The minimum absolute atomic E-state index is 0.0290. The van der Waals surface area contributed by atoms with Gasteiger partial charge < -0.3 is 15.0 Å². The van der Waals surface area contributed by atoms with E-state index in [1.165, 1.54) is 6.07 Å². The van der Waals surface area contributed by atoms with Crippen molar-refractivity contribution >= 4 is 35.0 Å². The Morgan fingerprint density at radius 1 is 0.969 bits per heavy atom. The number of hydrogen-bond acceptors (Lipinski definition) is 4. The number of rotatable bonds is 6. The molecule has 4 rings (SSSR count). The van der Waals surface area contributed by atoms with E-state index in [0.29, 0.717) is 34.7 Å². The lowest BCUT2D eigenvalue weighted by atomic mass is 10.0. The molecule has 1 N–H and O–H groups in total. The first-order valence-corrected chi connectivity index (χ1v) is 11.7. The Hall–Kier alpha value is -2.28. The van der Waals surface area contributed by atoms with Gasteiger partial charge in [-0.3, -0.25) is 14.5 Å². The summed E-state index contributed by atoms with van der Waals surface area (Å²) in [7, 11) is 0. The summed E-state index contributed by atoms with van der Waals surface area (Å²) < 4.78 is 6.08. The van der Waals surface area contributed by atoms with E-state index in [1.54, 1.807) is 12.1 Å². The van der Waals surface area contributed by atoms with E-state index in [2.05, 4.69) is 10.2 Å². The van der Waals surface area contributed by atoms with E-state index in [1.807, 2.05) is 35.2 Å². The molecule has 0 saturated carbocycles. The summed E-state index contributed by atoms with van der Waals surface area (Å²) in [6.45, 7) is 3.33. The van der Waals surface area contributed by atoms with Crippen molar-refractivity contribution in [1.82, 2.24) is 15.1 Å². The topological polar surface area (TPSA) is 61.9 Å². The second-order valence-electron chi connectivity index (χ2n) is 8.26. The fourth-order valence-electron chi connectivity index (χ4n) is 4.32. The van der Waals surface area contributed by atoms with Crippen molar-refractivity contribution in [2.45, 2.75) is 31.4 Å². The van der Waals surface area contributed by atoms with Gasteiger partial charge in [-0.2, -0.15) is 0 Å². The van der Waals surface area contributed by atoms with Crippen molar-refractivity contribution in [2.75, 3.05) is 32.7 Å². The van der Waals surface area contributed by atoms with Crippen molar-refractivity contribution in [3.8, 4) is 5.75 Å². The number of halogens is 2. The summed E-state index contributed by atoms with van der Waals surface area (Å²) >= 11 is 11.8. The van der Waals surface area contributed by atoms with Gasteiger partial charge in [-0.25, -0.2) is 0 Å². The first kappa shape index (κ1) is 22.9. The average molecular weight is 476 g/mol. The first-order chi connectivity index (χ1) is 15.5. The molecule has 2 saturated heterocycles. The molecule has 2 aliphatic rings. The SMILES string of the molecule is O=C(NCC(=O)N1CCC(N2CCC(Oc3ccccc3)CC2)C1)c1ccc(Cl)c(Cl)c1. The zero-order chi connectivity index (χ0) is 22.5. The molecule has 2 aromatic rings. The Balaban J connectivity index is 1.20. The van der Waals surface area contributed by atoms with Gasteiger partial charge in [0.05, 0.1) is 16.6 Å². The van der Waals surface area contributed by atoms with E-state index in [0.717, 1.165) is 38.1 Å². The van der Waals surface area contributed by atoms with Crippen LogP contribution in [0.3, 0.4) is 0 Å². The van der Waals surface area contributed by atoms with Gasteiger partial charge in [0, 0.05) is 37.8 Å². The third-order valence-electron chi connectivity index (χ3n) is 6.14. The fourth-order valence-corrected chi connectivity index (χ4v) is 4.62. The lowest BCUT2D eigenvalue weighted by Gasteiger charge is -2.36. The maximum atomic E-state index is 12.6. The predicted molar refractivity (Wildman–Crippen MR) is 125 cm³/mol. The van der Waals surface area contributed by atoms with Gasteiger partial charge in [0.1, 0.15) is 11.9 Å². The molecule has 0 bridgehead atoms. The van der Waals surface area contributed by atoms with E-state index in [4.69, 9.17) is 27.9 Å². The number of likely N-dealkylation sites (tertiary alicyclic amines) is 2. The molecule has 2 amide bonds. The molecule has 8 heteroatoms. The Kier molecular flexibility index (Phi) is 7.55. The lowest BCUT2D eigenvalue weighted by Crippen LogP contribution is -2.46. The number of ether oxygens (including phenoxy) is 1. The van der Waals surface area contributed by atoms with Crippen LogP contribution in [0, 0.1) is 0 Å². The number of carbonyl (C=O) groups is 2. The highest BCUT2D eigenvalue weighted by Gasteiger charge is 2.33. The van der Waals surface area contributed by atoms with Gasteiger partial charge in [0.25, 0.3) is 5.91 Å². The van der Waals surface area contributed by atoms with E-state index >= 15 is 0 Å². The Morgan fingerprint density at radius 2 is 1.72 bits per heavy atom. The molecule has 170 valence electrons. The summed E-state index contributed by atoms with van der Waals surface area (Å²) in [5.41, 5.74) is 0.382. The quantitative estimate of drug-likeness (QED) is 0.688. The molecule has 1 unspecified atom stereocenters. The van der Waals surface area contributed by atoms with Gasteiger partial charge in [-0.1, -0.05) is 41.4 Å². The molecule has 6 nitrogen and oxygen atoms in total. The van der Waals surface area contributed by atoms with Crippen molar-refractivity contribution in [3.05, 3.63) is 64.1 Å². The minimum atomic E-state index is -0.340. The predicted octanol–water partition coefficient (Wildman–Crippen LogP) is 3.87. The van der Waals surface area contributed by atoms with Crippen LogP contribution in [0.5, 0.6) is 5.75 Å². The Morgan fingerprint density at radius 3 is 2.44 bits per heavy atom. The molecule has 32 heavy (non-hydrogen) atoms. The number of piperidine rings is 1. The van der Waals surface area contributed by atoms with Gasteiger partial charge in [-0.15, -0.1) is 0 Å². The molecule has 2 aliphatic heterocycles. The Labute approximate surface area is 198 Å². The van der Waals surface area contributed by atoms with E-state index in [9.17, 15) is 9.59 Å². The van der Waals surface area contributed by atoms with Crippen LogP contribution in [-0.2, 0) is 4.79 Å². The molecular formula is C24H27Cl2N3O3. The molecule has 1 atom stereocenters. The highest BCUT2D eigenvalue weighted by molar-refractivity contribution is 6.42. The molecule has 0 aromatic heterocycles. The zero-order valence-corrected chi connectivity index (χ0v) is 19.3. The monoisotopic (exact) mass is 475 g/mol. The van der Waals surface area contributed by atoms with Gasteiger partial charge >= 0.3 is 0 Å². The second-order valence-corrected chi connectivity index (χ2v) is 9.07. The number of nitrogens with zero attached hydrogens (tertiary/aromatic N) is 2. The number of nitrogens with one attached hydrogen (secondary N) is 1. The Bertz CT molecular complexity index is 949. The molecular weight excluding hydrogens is 449 g/mol. The summed E-state index contributed by atoms with van der Waals surface area (Å²) in [5, 5.41) is 3.38. The maximum absolute atomic E-state index is 12.6. The summed E-state index contributed by atoms with van der Waals surface area (Å²) in [4.78, 5) is 29.2. The highest BCUT2D eigenvalue weighted by Crippen LogP contribution is 2.24. The maximum Gasteiger partial charge on any atom is 0.251 e. The van der Waals surface area contributed by atoms with Crippen molar-refractivity contribution in [2.24, 2.45) is 0 Å². The molecule has 0 aliphatic carbocycles. The third kappa shape index (κ3) is 5.74. The van der Waals surface area contributed by atoms with Crippen LogP contribution in [0.1, 0.15) is 29.6 Å². The third-order valence-corrected chi connectivity index (χ3v) is 6.88. The van der Waals surface area contributed by atoms with Crippen LogP contribution in [0.25, 0.3) is 0 Å². The smallest absolute Gasteiger partial charge is 0.251 e. The van der Waals surface area contributed by atoms with Gasteiger partial charge in [-0.05, 0) is 49.6 Å². The van der Waals surface area contributed by atoms with Crippen molar-refractivity contribution in [3.63, 3.8) is 0 Å². The largest absolute Gasteiger partial charge is 0.490 e. The van der Waals surface area contributed by atoms with E-state index in [-0.39, 0.29) is 24.5 Å². The van der Waals surface area contributed by atoms with Crippen LogP contribution in [0.4, 0.5) is 0 Å². The molecule has 0 spiro atoms. The average Bonchev–Trinajstić information content (AvgIpc) is 3.31. The first-order valence-electron chi connectivity index (χ1n) is 11.0. The minimum Gasteiger partial charge on any atom is -0.490 e. The van der Waals surface area contributed by atoms with Gasteiger partial charge in [0.2, 0.25) is 5.91 Å². The van der Waals surface area contributed by atoms with Crippen LogP contribution in [-0.4, -0.2) is 66.5 Å². The van der Waals surface area contributed by atoms with Crippen molar-refractivity contribution in [1.29, 1.82) is 0 Å². The normalized spacial score (nSPS) is 19.7. The summed E-state index contributed by atoms with van der Waals surface area (Å²) in [6.07, 6.45) is 3.17. The number of amides is 2. The summed E-state index contributed by atoms with van der Waals surface area (Å²) in [6, 6.07) is 15.0. The summed E-state index contributed by atoms with van der Waals surface area (Å²) in [5.74, 6) is 0.517. The number of para-hydroxylation sites is 1. The van der Waals surface area contributed by atoms with Crippen LogP contribution in [0.15, 0.2) is 48.5 Å². The van der Waals surface area contributed by atoms with Crippen LogP contribution < -0.4 is 10.1 Å². The number of benzene rings is 2. The number of carbonyl (C=O) groups excluding carboxylic acids is 2. The van der Waals surface area contributed by atoms with Gasteiger partial charge in [0.15, 0.2) is 0 Å². The standard InChI is InChI=1S/C24H27Cl2N3O3/c25-21-7-6-17(14-22(21)26)24(31)27-15-23(30)29-11-8-18(16-29)28-12-9-20(10-13-28)32-19-4-2-1-3-5-19/h1-7,14,18,20H,8-13,15-16H2,(H,27,31).